The van der Waals surface area contributed by atoms with E-state index in [-0.39, 0.29) is 0 Å². The number of nitrogen functional groups attached to an aromatic ring is 1. The van der Waals surface area contributed by atoms with E-state index in [9.17, 15) is 0 Å². The van der Waals surface area contributed by atoms with Gasteiger partial charge in [-0.3, -0.25) is 0 Å². The van der Waals surface area contributed by atoms with Gasteiger partial charge in [-0.25, -0.2) is 0 Å². The summed E-state index contributed by atoms with van der Waals surface area (Å²) in [5, 5.41) is 4.85. The third-order valence-corrected chi connectivity index (χ3v) is 5.68. The lowest BCUT2D eigenvalue weighted by molar-refractivity contribution is 0.440. The van der Waals surface area contributed by atoms with Gasteiger partial charge in [-0.2, -0.15) is 4.37 Å². The molecule has 0 spiro atoms. The highest BCUT2D eigenvalue weighted by Gasteiger charge is 2.39. The maximum Gasteiger partial charge on any atom is 0.153 e. The standard InChI is InChI=1S/C11H17N3S2/c1-15-9-10(12)14-16-11(9)13-8-5-6-2-3-7(8)4-6/h6-8,13H,2-5H2,1H3,(H2,12,14). The molecule has 3 unspecified atom stereocenters. The van der Waals surface area contributed by atoms with Crippen LogP contribution < -0.4 is 11.1 Å². The molecule has 5 heteroatoms. The van der Waals surface area contributed by atoms with Gasteiger partial charge in [0.15, 0.2) is 5.82 Å². The molecule has 0 aromatic carbocycles. The van der Waals surface area contributed by atoms with E-state index in [1.807, 2.05) is 0 Å². The van der Waals surface area contributed by atoms with Gasteiger partial charge in [-0.15, -0.1) is 11.8 Å². The molecule has 0 radical (unpaired) electrons. The molecule has 2 aliphatic carbocycles. The maximum atomic E-state index is 5.84. The molecule has 3 atom stereocenters. The highest BCUT2D eigenvalue weighted by molar-refractivity contribution is 7.99. The third kappa shape index (κ3) is 1.70. The number of anilines is 2. The Morgan fingerprint density at radius 3 is 2.94 bits per heavy atom. The summed E-state index contributed by atoms with van der Waals surface area (Å²) in [5.74, 6) is 2.55. The predicted molar refractivity (Wildman–Crippen MR) is 71.2 cm³/mol. The van der Waals surface area contributed by atoms with Gasteiger partial charge in [-0.1, -0.05) is 6.42 Å². The second-order valence-electron chi connectivity index (χ2n) is 4.86. The van der Waals surface area contributed by atoms with Crippen molar-refractivity contribution in [3.8, 4) is 0 Å². The summed E-state index contributed by atoms with van der Waals surface area (Å²) in [7, 11) is 0. The van der Waals surface area contributed by atoms with Crippen LogP contribution >= 0.6 is 23.3 Å². The first-order chi connectivity index (χ1) is 7.78. The summed E-state index contributed by atoms with van der Waals surface area (Å²) in [6.45, 7) is 0. The lowest BCUT2D eigenvalue weighted by Gasteiger charge is -2.23. The van der Waals surface area contributed by atoms with Crippen molar-refractivity contribution >= 4 is 34.1 Å². The summed E-state index contributed by atoms with van der Waals surface area (Å²) >= 11 is 3.20. The molecule has 1 heterocycles. The predicted octanol–water partition coefficient (Wildman–Crippen LogP) is 3.05. The normalized spacial score (nSPS) is 32.2. The molecule has 0 amide bonds. The Kier molecular flexibility index (Phi) is 2.75. The van der Waals surface area contributed by atoms with E-state index >= 15 is 0 Å². The van der Waals surface area contributed by atoms with Crippen LogP contribution in [0.3, 0.4) is 0 Å². The summed E-state index contributed by atoms with van der Waals surface area (Å²) < 4.78 is 4.23. The van der Waals surface area contributed by atoms with Crippen molar-refractivity contribution in [2.24, 2.45) is 11.8 Å². The molecule has 2 saturated carbocycles. The lowest BCUT2D eigenvalue weighted by atomic mass is 9.95. The number of hydrogen-bond donors (Lipinski definition) is 2. The summed E-state index contributed by atoms with van der Waals surface area (Å²) in [6.07, 6.45) is 7.69. The number of nitrogens with zero attached hydrogens (tertiary/aromatic N) is 1. The molecule has 1 aromatic heterocycles. The number of hydrogen-bond acceptors (Lipinski definition) is 5. The van der Waals surface area contributed by atoms with Crippen molar-refractivity contribution in [2.45, 2.75) is 36.6 Å². The van der Waals surface area contributed by atoms with Gasteiger partial charge in [0.05, 0.1) is 4.90 Å². The van der Waals surface area contributed by atoms with Crippen LogP contribution in [0.4, 0.5) is 10.8 Å². The third-order valence-electron chi connectivity index (χ3n) is 3.93. The Balaban J connectivity index is 1.74. The summed E-state index contributed by atoms with van der Waals surface area (Å²) in [5.41, 5.74) is 5.84. The minimum Gasteiger partial charge on any atom is -0.382 e. The molecule has 3 rings (SSSR count). The fraction of sp³-hybridized carbons (Fsp3) is 0.727. The van der Waals surface area contributed by atoms with Crippen LogP contribution in [0.5, 0.6) is 0 Å². The van der Waals surface area contributed by atoms with Gasteiger partial charge in [0, 0.05) is 6.04 Å². The Labute approximate surface area is 104 Å². The van der Waals surface area contributed by atoms with Crippen molar-refractivity contribution < 1.29 is 0 Å². The molecule has 3 N–H and O–H groups in total. The zero-order chi connectivity index (χ0) is 11.1. The minimum atomic E-state index is 0.671. The number of nitrogens with two attached hydrogens (primary N) is 1. The molecular formula is C11H17N3S2. The molecular weight excluding hydrogens is 238 g/mol. The Hall–Kier alpha value is -0.420. The average molecular weight is 255 g/mol. The topological polar surface area (TPSA) is 50.9 Å². The van der Waals surface area contributed by atoms with Gasteiger partial charge >= 0.3 is 0 Å². The number of fused-ring (bicyclic) bond motifs is 2. The summed E-state index contributed by atoms with van der Waals surface area (Å²) in [4.78, 5) is 1.13. The van der Waals surface area contributed by atoms with Crippen LogP contribution in [0.25, 0.3) is 0 Å². The number of rotatable bonds is 3. The molecule has 2 aliphatic rings. The molecule has 0 saturated heterocycles. The molecule has 0 aliphatic heterocycles. The van der Waals surface area contributed by atoms with E-state index in [0.717, 1.165) is 16.7 Å². The molecule has 2 bridgehead atoms. The second kappa shape index (κ2) is 4.11. The van der Waals surface area contributed by atoms with E-state index in [2.05, 4.69) is 15.9 Å². The van der Waals surface area contributed by atoms with Gasteiger partial charge in [0.1, 0.15) is 5.00 Å². The quantitative estimate of drug-likeness (QED) is 0.815. The Morgan fingerprint density at radius 1 is 1.44 bits per heavy atom. The first-order valence-corrected chi connectivity index (χ1v) is 7.83. The highest BCUT2D eigenvalue weighted by Crippen LogP contribution is 2.47. The Morgan fingerprint density at radius 2 is 2.31 bits per heavy atom. The monoisotopic (exact) mass is 255 g/mol. The smallest absolute Gasteiger partial charge is 0.153 e. The zero-order valence-corrected chi connectivity index (χ0v) is 11.0. The average Bonchev–Trinajstić information content (AvgIpc) is 2.94. The highest BCUT2D eigenvalue weighted by atomic mass is 32.2. The van der Waals surface area contributed by atoms with Crippen LogP contribution in [0.1, 0.15) is 25.7 Å². The summed E-state index contributed by atoms with van der Waals surface area (Å²) in [6, 6.07) is 0.671. The number of thioether (sulfide) groups is 1. The van der Waals surface area contributed by atoms with Crippen molar-refractivity contribution in [3.05, 3.63) is 0 Å². The zero-order valence-electron chi connectivity index (χ0n) is 9.40. The van der Waals surface area contributed by atoms with E-state index in [1.54, 1.807) is 11.8 Å². The van der Waals surface area contributed by atoms with Gasteiger partial charge < -0.3 is 11.1 Å². The van der Waals surface area contributed by atoms with Crippen LogP contribution in [0.15, 0.2) is 4.90 Å². The van der Waals surface area contributed by atoms with Crippen molar-refractivity contribution in [2.75, 3.05) is 17.3 Å². The minimum absolute atomic E-state index is 0.671. The number of aromatic nitrogens is 1. The van der Waals surface area contributed by atoms with Crippen LogP contribution in [0.2, 0.25) is 0 Å². The van der Waals surface area contributed by atoms with Gasteiger partial charge in [0.25, 0.3) is 0 Å². The van der Waals surface area contributed by atoms with Gasteiger partial charge in [0.2, 0.25) is 0 Å². The SMILES string of the molecule is CSc1c(N)nsc1NC1CC2CCC1C2. The van der Waals surface area contributed by atoms with Crippen LogP contribution in [-0.4, -0.2) is 16.7 Å². The fourth-order valence-electron chi connectivity index (χ4n) is 3.17. The van der Waals surface area contributed by atoms with E-state index in [0.29, 0.717) is 11.9 Å². The van der Waals surface area contributed by atoms with E-state index in [4.69, 9.17) is 5.73 Å². The molecule has 1 aromatic rings. The first-order valence-electron chi connectivity index (χ1n) is 5.83. The fourth-order valence-corrected chi connectivity index (χ4v) is 4.76. The largest absolute Gasteiger partial charge is 0.382 e. The van der Waals surface area contributed by atoms with E-state index in [1.165, 1.54) is 42.2 Å². The van der Waals surface area contributed by atoms with Crippen molar-refractivity contribution in [1.82, 2.24) is 4.37 Å². The Bertz CT molecular complexity index is 391. The first kappa shape index (κ1) is 10.7. The van der Waals surface area contributed by atoms with Crippen LogP contribution in [-0.2, 0) is 0 Å². The maximum absolute atomic E-state index is 5.84. The number of nitrogens with one attached hydrogen (secondary N) is 1. The molecule has 16 heavy (non-hydrogen) atoms. The van der Waals surface area contributed by atoms with E-state index < -0.39 is 0 Å². The van der Waals surface area contributed by atoms with Crippen molar-refractivity contribution in [1.29, 1.82) is 0 Å². The lowest BCUT2D eigenvalue weighted by Crippen LogP contribution is -2.25. The molecule has 88 valence electrons. The van der Waals surface area contributed by atoms with Gasteiger partial charge in [-0.05, 0) is 48.9 Å². The molecule has 2 fully saturated rings. The molecule has 3 nitrogen and oxygen atoms in total. The van der Waals surface area contributed by atoms with Crippen LogP contribution in [0, 0.1) is 11.8 Å². The van der Waals surface area contributed by atoms with Crippen molar-refractivity contribution in [3.63, 3.8) is 0 Å². The second-order valence-corrected chi connectivity index (χ2v) is 6.45.